The second-order valence-corrected chi connectivity index (χ2v) is 4.43. The summed E-state index contributed by atoms with van der Waals surface area (Å²) in [6.07, 6.45) is 2.50. The van der Waals surface area contributed by atoms with Crippen LogP contribution in [-0.2, 0) is 0 Å². The van der Waals surface area contributed by atoms with Crippen molar-refractivity contribution in [2.75, 3.05) is 14.2 Å². The second-order valence-electron chi connectivity index (χ2n) is 4.43. The summed E-state index contributed by atoms with van der Waals surface area (Å²) in [5, 5.41) is 0. The van der Waals surface area contributed by atoms with Crippen LogP contribution in [0.2, 0.25) is 0 Å². The van der Waals surface area contributed by atoms with E-state index in [1.165, 1.54) is 32.4 Å². The summed E-state index contributed by atoms with van der Waals surface area (Å²) in [6, 6.07) is 7.92. The number of halogens is 2. The fourth-order valence-corrected chi connectivity index (χ4v) is 1.89. The van der Waals surface area contributed by atoms with Gasteiger partial charge in [0.1, 0.15) is 23.1 Å². The van der Waals surface area contributed by atoms with Crippen LogP contribution in [0.4, 0.5) is 8.78 Å². The Balaban J connectivity index is 2.27. The van der Waals surface area contributed by atoms with Crippen molar-refractivity contribution in [3.8, 4) is 11.5 Å². The van der Waals surface area contributed by atoms with Crippen LogP contribution in [0.5, 0.6) is 11.5 Å². The van der Waals surface area contributed by atoms with Gasteiger partial charge in [-0.2, -0.15) is 0 Å². The molecule has 0 unspecified atom stereocenters. The number of ether oxygens (including phenoxy) is 2. The Hall–Kier alpha value is -2.69. The van der Waals surface area contributed by atoms with Crippen molar-refractivity contribution in [2.45, 2.75) is 0 Å². The van der Waals surface area contributed by atoms with E-state index in [2.05, 4.69) is 0 Å². The SMILES string of the molecule is COc1ccc(C(=O)C=Cc2ccc(F)cc2F)c(OC)c1. The number of benzene rings is 2. The number of carbonyl (C=O) groups is 1. The van der Waals surface area contributed by atoms with Crippen molar-refractivity contribution in [2.24, 2.45) is 0 Å². The van der Waals surface area contributed by atoms with Crippen LogP contribution in [0.3, 0.4) is 0 Å². The van der Waals surface area contributed by atoms with Crippen molar-refractivity contribution in [1.29, 1.82) is 0 Å². The lowest BCUT2D eigenvalue weighted by Crippen LogP contribution is -1.99. The summed E-state index contributed by atoms with van der Waals surface area (Å²) >= 11 is 0. The average molecular weight is 304 g/mol. The lowest BCUT2D eigenvalue weighted by Gasteiger charge is -2.07. The van der Waals surface area contributed by atoms with Gasteiger partial charge >= 0.3 is 0 Å². The molecule has 0 amide bonds. The summed E-state index contributed by atoms with van der Waals surface area (Å²) in [7, 11) is 2.95. The number of ketones is 1. The van der Waals surface area contributed by atoms with Crippen molar-refractivity contribution in [3.63, 3.8) is 0 Å². The topological polar surface area (TPSA) is 35.5 Å². The van der Waals surface area contributed by atoms with Gasteiger partial charge in [-0.3, -0.25) is 4.79 Å². The van der Waals surface area contributed by atoms with E-state index in [-0.39, 0.29) is 11.3 Å². The molecule has 0 aliphatic carbocycles. The summed E-state index contributed by atoms with van der Waals surface area (Å²) in [5.74, 6) is -0.845. The Labute approximate surface area is 126 Å². The van der Waals surface area contributed by atoms with Crippen molar-refractivity contribution < 1.29 is 23.0 Å². The molecule has 0 fully saturated rings. The normalized spacial score (nSPS) is 10.7. The van der Waals surface area contributed by atoms with Gasteiger partial charge in [0.25, 0.3) is 0 Å². The summed E-state index contributed by atoms with van der Waals surface area (Å²) in [6.45, 7) is 0. The van der Waals surface area contributed by atoms with Crippen molar-refractivity contribution in [3.05, 3.63) is 65.2 Å². The van der Waals surface area contributed by atoms with Crippen LogP contribution in [0.25, 0.3) is 6.08 Å². The summed E-state index contributed by atoms with van der Waals surface area (Å²) < 4.78 is 36.5. The molecule has 0 aromatic heterocycles. The fraction of sp³-hybridized carbons (Fsp3) is 0.118. The third-order valence-electron chi connectivity index (χ3n) is 3.05. The maximum atomic E-state index is 13.5. The molecule has 22 heavy (non-hydrogen) atoms. The third kappa shape index (κ3) is 3.49. The molecule has 2 aromatic rings. The largest absolute Gasteiger partial charge is 0.497 e. The zero-order valence-corrected chi connectivity index (χ0v) is 12.1. The molecule has 0 saturated heterocycles. The second kappa shape index (κ2) is 6.85. The van der Waals surface area contributed by atoms with E-state index in [0.717, 1.165) is 12.1 Å². The van der Waals surface area contributed by atoms with Gasteiger partial charge in [-0.25, -0.2) is 8.78 Å². The molecule has 0 radical (unpaired) electrons. The summed E-state index contributed by atoms with van der Waals surface area (Å²) in [5.41, 5.74) is 0.448. The van der Waals surface area contributed by atoms with Gasteiger partial charge in [0.05, 0.1) is 19.8 Å². The minimum atomic E-state index is -0.731. The first-order chi connectivity index (χ1) is 10.5. The first-order valence-electron chi connectivity index (χ1n) is 6.44. The van der Waals surface area contributed by atoms with Crippen molar-refractivity contribution in [1.82, 2.24) is 0 Å². The van der Waals surface area contributed by atoms with Gasteiger partial charge in [-0.05, 0) is 36.4 Å². The molecule has 5 heteroatoms. The Morgan fingerprint density at radius 3 is 2.45 bits per heavy atom. The van der Waals surface area contributed by atoms with E-state index in [9.17, 15) is 13.6 Å². The Morgan fingerprint density at radius 2 is 1.82 bits per heavy atom. The van der Waals surface area contributed by atoms with Crippen LogP contribution >= 0.6 is 0 Å². The Kier molecular flexibility index (Phi) is 4.88. The third-order valence-corrected chi connectivity index (χ3v) is 3.05. The smallest absolute Gasteiger partial charge is 0.189 e. The molecule has 2 aromatic carbocycles. The van der Waals surface area contributed by atoms with E-state index in [0.29, 0.717) is 17.1 Å². The van der Waals surface area contributed by atoms with Crippen LogP contribution in [0.1, 0.15) is 15.9 Å². The van der Waals surface area contributed by atoms with Crippen molar-refractivity contribution >= 4 is 11.9 Å². The van der Waals surface area contributed by atoms with E-state index >= 15 is 0 Å². The molecule has 0 aliphatic rings. The lowest BCUT2D eigenvalue weighted by molar-refractivity contribution is 0.104. The van der Waals surface area contributed by atoms with Gasteiger partial charge in [0, 0.05) is 17.7 Å². The van der Waals surface area contributed by atoms with E-state index in [1.54, 1.807) is 18.2 Å². The molecular formula is C17H14F2O3. The Morgan fingerprint density at radius 1 is 1.05 bits per heavy atom. The highest BCUT2D eigenvalue weighted by molar-refractivity contribution is 6.08. The lowest BCUT2D eigenvalue weighted by atomic mass is 10.1. The number of carbonyl (C=O) groups excluding carboxylic acids is 1. The van der Waals surface area contributed by atoms with Gasteiger partial charge < -0.3 is 9.47 Å². The zero-order valence-electron chi connectivity index (χ0n) is 12.1. The monoisotopic (exact) mass is 304 g/mol. The molecule has 0 aliphatic heterocycles. The number of allylic oxidation sites excluding steroid dienone is 1. The molecule has 0 atom stereocenters. The van der Waals surface area contributed by atoms with Gasteiger partial charge in [-0.1, -0.05) is 0 Å². The summed E-state index contributed by atoms with van der Waals surface area (Å²) in [4.78, 5) is 12.2. The van der Waals surface area contributed by atoms with Crippen LogP contribution in [-0.4, -0.2) is 20.0 Å². The highest BCUT2D eigenvalue weighted by atomic mass is 19.1. The number of rotatable bonds is 5. The number of hydrogen-bond acceptors (Lipinski definition) is 3. The minimum absolute atomic E-state index is 0.127. The predicted octanol–water partition coefficient (Wildman–Crippen LogP) is 3.88. The van der Waals surface area contributed by atoms with E-state index in [4.69, 9.17) is 9.47 Å². The molecule has 0 heterocycles. The van der Waals surface area contributed by atoms with Gasteiger partial charge in [0.15, 0.2) is 5.78 Å². The Bertz CT molecular complexity index is 724. The molecule has 3 nitrogen and oxygen atoms in total. The van der Waals surface area contributed by atoms with Gasteiger partial charge in [-0.15, -0.1) is 0 Å². The standard InChI is InChI=1S/C17H14F2O3/c1-21-13-6-7-14(17(10-13)22-2)16(20)8-4-11-3-5-12(18)9-15(11)19/h3-10H,1-2H3. The highest BCUT2D eigenvalue weighted by Crippen LogP contribution is 2.25. The fourth-order valence-electron chi connectivity index (χ4n) is 1.89. The highest BCUT2D eigenvalue weighted by Gasteiger charge is 2.11. The average Bonchev–Trinajstić information content (AvgIpc) is 2.53. The van der Waals surface area contributed by atoms with Crippen LogP contribution in [0, 0.1) is 11.6 Å². The molecule has 114 valence electrons. The molecule has 0 saturated carbocycles. The number of methoxy groups -OCH3 is 2. The van der Waals surface area contributed by atoms with Crippen LogP contribution < -0.4 is 9.47 Å². The quantitative estimate of drug-likeness (QED) is 0.621. The van der Waals surface area contributed by atoms with Gasteiger partial charge in [0.2, 0.25) is 0 Å². The first-order valence-corrected chi connectivity index (χ1v) is 6.44. The molecular weight excluding hydrogens is 290 g/mol. The van der Waals surface area contributed by atoms with Crippen LogP contribution in [0.15, 0.2) is 42.5 Å². The maximum Gasteiger partial charge on any atom is 0.189 e. The molecule has 2 rings (SSSR count). The zero-order chi connectivity index (χ0) is 16.1. The molecule has 0 spiro atoms. The number of hydrogen-bond donors (Lipinski definition) is 0. The van der Waals surface area contributed by atoms with E-state index < -0.39 is 11.6 Å². The molecule has 0 N–H and O–H groups in total. The minimum Gasteiger partial charge on any atom is -0.497 e. The molecule has 0 bridgehead atoms. The maximum absolute atomic E-state index is 13.5. The van der Waals surface area contributed by atoms with E-state index in [1.807, 2.05) is 0 Å². The predicted molar refractivity (Wildman–Crippen MR) is 79.3 cm³/mol. The first kappa shape index (κ1) is 15.7.